The number of hydrogen-bond donors (Lipinski definition) is 0. The zero-order valence-corrected chi connectivity index (χ0v) is 17.0. The number of aromatic nitrogens is 3. The molecule has 0 aliphatic carbocycles. The molecule has 1 aromatic carbocycles. The number of nitrogens with zero attached hydrogens (tertiary/aromatic N) is 5. The van der Waals surface area contributed by atoms with Crippen molar-refractivity contribution in [2.75, 3.05) is 22.9 Å². The van der Waals surface area contributed by atoms with Gasteiger partial charge >= 0.3 is 0 Å². The van der Waals surface area contributed by atoms with Crippen LogP contribution in [0.3, 0.4) is 0 Å². The van der Waals surface area contributed by atoms with Crippen LogP contribution in [0, 0.1) is 6.92 Å². The average molecular weight is 402 g/mol. The number of fused-ring (bicyclic) bond motifs is 1. The summed E-state index contributed by atoms with van der Waals surface area (Å²) in [5.74, 6) is 0.888. The van der Waals surface area contributed by atoms with Gasteiger partial charge in [0.2, 0.25) is 5.28 Å². The second-order valence-electron chi connectivity index (χ2n) is 7.14. The van der Waals surface area contributed by atoms with Crippen molar-refractivity contribution in [1.29, 1.82) is 0 Å². The van der Waals surface area contributed by atoms with E-state index in [1.54, 1.807) is 0 Å². The minimum Gasteiger partial charge on any atom is -0.367 e. The van der Waals surface area contributed by atoms with Crippen molar-refractivity contribution < 1.29 is 0 Å². The van der Waals surface area contributed by atoms with E-state index in [4.69, 9.17) is 23.2 Å². The van der Waals surface area contributed by atoms with E-state index in [0.29, 0.717) is 10.3 Å². The Morgan fingerprint density at radius 2 is 1.74 bits per heavy atom. The van der Waals surface area contributed by atoms with Crippen molar-refractivity contribution >= 4 is 45.6 Å². The molecule has 5 nitrogen and oxygen atoms in total. The summed E-state index contributed by atoms with van der Waals surface area (Å²) >= 11 is 12.2. The van der Waals surface area contributed by atoms with Crippen LogP contribution in [0.5, 0.6) is 0 Å². The van der Waals surface area contributed by atoms with Crippen LogP contribution in [0.4, 0.5) is 11.5 Å². The molecule has 2 atom stereocenters. The first-order chi connectivity index (χ1) is 12.9. The van der Waals surface area contributed by atoms with Crippen molar-refractivity contribution in [3.8, 4) is 0 Å². The molecule has 1 aliphatic rings. The fourth-order valence-electron chi connectivity index (χ4n) is 4.00. The summed E-state index contributed by atoms with van der Waals surface area (Å²) in [4.78, 5) is 17.8. The summed E-state index contributed by atoms with van der Waals surface area (Å²) in [6.07, 6.45) is 1.85. The molecule has 3 heterocycles. The minimum atomic E-state index is 0.273. The monoisotopic (exact) mass is 401 g/mol. The molecule has 7 heteroatoms. The van der Waals surface area contributed by atoms with E-state index in [0.717, 1.165) is 35.5 Å². The van der Waals surface area contributed by atoms with Gasteiger partial charge in [0.1, 0.15) is 5.82 Å². The van der Waals surface area contributed by atoms with E-state index in [1.165, 1.54) is 5.69 Å². The van der Waals surface area contributed by atoms with Crippen LogP contribution in [0.1, 0.15) is 19.5 Å². The van der Waals surface area contributed by atoms with Crippen molar-refractivity contribution in [2.24, 2.45) is 0 Å². The summed E-state index contributed by atoms with van der Waals surface area (Å²) < 4.78 is 0. The van der Waals surface area contributed by atoms with Crippen molar-refractivity contribution in [2.45, 2.75) is 32.9 Å². The van der Waals surface area contributed by atoms with Crippen LogP contribution in [-0.2, 0) is 0 Å². The third-order valence-electron chi connectivity index (χ3n) is 5.02. The molecule has 1 fully saturated rings. The minimum absolute atomic E-state index is 0.273. The molecule has 4 rings (SSSR count). The Hall–Kier alpha value is -2.11. The lowest BCUT2D eigenvalue weighted by molar-refractivity contribution is 0.471. The average Bonchev–Trinajstić information content (AvgIpc) is 2.59. The van der Waals surface area contributed by atoms with Crippen molar-refractivity contribution in [3.05, 3.63) is 52.5 Å². The topological polar surface area (TPSA) is 45.2 Å². The van der Waals surface area contributed by atoms with E-state index in [-0.39, 0.29) is 12.1 Å². The normalized spacial score (nSPS) is 20.3. The highest BCUT2D eigenvalue weighted by molar-refractivity contribution is 6.31. The molecule has 2 aromatic heterocycles. The molecule has 0 N–H and O–H groups in total. The number of pyridine rings is 1. The molecule has 1 saturated heterocycles. The standard InChI is InChI=1S/C20H21Cl2N5/c1-12-8-19(25-20(22)24-12)27-13(2)10-26(11-14(27)3)18-6-7-23-17-9-15(21)4-5-16(17)18/h4-9,13-14H,10-11H2,1-3H3. The number of rotatable bonds is 2. The van der Waals surface area contributed by atoms with Gasteiger partial charge in [0, 0.05) is 59.2 Å². The van der Waals surface area contributed by atoms with E-state index >= 15 is 0 Å². The Bertz CT molecular complexity index is 961. The van der Waals surface area contributed by atoms with Crippen LogP contribution in [0.25, 0.3) is 10.9 Å². The summed E-state index contributed by atoms with van der Waals surface area (Å²) in [7, 11) is 0. The first-order valence-corrected chi connectivity index (χ1v) is 9.76. The number of benzene rings is 1. The maximum absolute atomic E-state index is 6.13. The van der Waals surface area contributed by atoms with E-state index < -0.39 is 0 Å². The molecular formula is C20H21Cl2N5. The Kier molecular flexibility index (Phi) is 4.82. The first-order valence-electron chi connectivity index (χ1n) is 9.01. The Morgan fingerprint density at radius 1 is 1.00 bits per heavy atom. The maximum atomic E-state index is 6.13. The van der Waals surface area contributed by atoms with Gasteiger partial charge < -0.3 is 9.80 Å². The van der Waals surface area contributed by atoms with Crippen LogP contribution < -0.4 is 9.80 Å². The number of anilines is 2. The molecule has 140 valence electrons. The predicted octanol–water partition coefficient (Wildman–Crippen LogP) is 4.74. The molecule has 3 aromatic rings. The summed E-state index contributed by atoms with van der Waals surface area (Å²) in [5.41, 5.74) is 2.98. The summed E-state index contributed by atoms with van der Waals surface area (Å²) in [6, 6.07) is 10.5. The van der Waals surface area contributed by atoms with Gasteiger partial charge in [0.05, 0.1) is 5.52 Å². The van der Waals surface area contributed by atoms with Gasteiger partial charge in [-0.1, -0.05) is 11.6 Å². The third kappa shape index (κ3) is 3.54. The highest BCUT2D eigenvalue weighted by atomic mass is 35.5. The maximum Gasteiger partial charge on any atom is 0.224 e. The third-order valence-corrected chi connectivity index (χ3v) is 5.42. The lowest BCUT2D eigenvalue weighted by Crippen LogP contribution is -2.57. The van der Waals surface area contributed by atoms with Gasteiger partial charge in [0.15, 0.2) is 0 Å². The highest BCUT2D eigenvalue weighted by Crippen LogP contribution is 2.32. The van der Waals surface area contributed by atoms with Crippen LogP contribution in [-0.4, -0.2) is 40.1 Å². The van der Waals surface area contributed by atoms with E-state index in [2.05, 4.69) is 50.7 Å². The summed E-state index contributed by atoms with van der Waals surface area (Å²) in [6.45, 7) is 8.14. The van der Waals surface area contributed by atoms with Crippen LogP contribution in [0.2, 0.25) is 10.3 Å². The quantitative estimate of drug-likeness (QED) is 0.580. The fraction of sp³-hybridized carbons (Fsp3) is 0.350. The second-order valence-corrected chi connectivity index (χ2v) is 7.91. The zero-order valence-electron chi connectivity index (χ0n) is 15.5. The molecule has 0 saturated carbocycles. The molecule has 0 amide bonds. The van der Waals surface area contributed by atoms with Gasteiger partial charge in [-0.2, -0.15) is 0 Å². The Labute approximate surface area is 169 Å². The smallest absolute Gasteiger partial charge is 0.224 e. The molecule has 1 aliphatic heterocycles. The molecule has 0 bridgehead atoms. The molecule has 27 heavy (non-hydrogen) atoms. The second kappa shape index (κ2) is 7.13. The first kappa shape index (κ1) is 18.3. The van der Waals surface area contributed by atoms with Crippen LogP contribution >= 0.6 is 23.2 Å². The fourth-order valence-corrected chi connectivity index (χ4v) is 4.39. The van der Waals surface area contributed by atoms with E-state index in [1.807, 2.05) is 31.3 Å². The predicted molar refractivity (Wildman–Crippen MR) is 112 cm³/mol. The largest absolute Gasteiger partial charge is 0.367 e. The van der Waals surface area contributed by atoms with Gasteiger partial charge in [-0.25, -0.2) is 9.97 Å². The number of aryl methyl sites for hydroxylation is 1. The lowest BCUT2D eigenvalue weighted by Gasteiger charge is -2.46. The van der Waals surface area contributed by atoms with Crippen molar-refractivity contribution in [1.82, 2.24) is 15.0 Å². The van der Waals surface area contributed by atoms with Gasteiger partial charge in [-0.05, 0) is 56.6 Å². The van der Waals surface area contributed by atoms with Gasteiger partial charge in [-0.15, -0.1) is 0 Å². The summed E-state index contributed by atoms with van der Waals surface area (Å²) in [5, 5.41) is 2.12. The molecule has 0 radical (unpaired) electrons. The molecule has 2 unspecified atom stereocenters. The molecular weight excluding hydrogens is 381 g/mol. The Morgan fingerprint density at radius 3 is 2.44 bits per heavy atom. The SMILES string of the molecule is Cc1cc(N2C(C)CN(c3ccnc4cc(Cl)ccc34)CC2C)nc(Cl)n1. The molecule has 0 spiro atoms. The highest BCUT2D eigenvalue weighted by Gasteiger charge is 2.31. The van der Waals surface area contributed by atoms with Crippen LogP contribution in [0.15, 0.2) is 36.5 Å². The van der Waals surface area contributed by atoms with E-state index in [9.17, 15) is 0 Å². The Balaban J connectivity index is 1.66. The number of halogens is 2. The number of hydrogen-bond acceptors (Lipinski definition) is 5. The van der Waals surface area contributed by atoms with Crippen molar-refractivity contribution in [3.63, 3.8) is 0 Å². The zero-order chi connectivity index (χ0) is 19.1. The van der Waals surface area contributed by atoms with Gasteiger partial charge in [0.25, 0.3) is 0 Å². The number of piperazine rings is 1. The lowest BCUT2D eigenvalue weighted by atomic mass is 10.1. The van der Waals surface area contributed by atoms with Gasteiger partial charge in [-0.3, -0.25) is 4.98 Å².